The Morgan fingerprint density at radius 1 is 1.25 bits per heavy atom. The topological polar surface area (TPSA) is 131 Å². The van der Waals surface area contributed by atoms with Gasteiger partial charge in [-0.3, -0.25) is 19.1 Å². The van der Waals surface area contributed by atoms with Crippen LogP contribution in [0.3, 0.4) is 0 Å². The van der Waals surface area contributed by atoms with E-state index in [-0.39, 0.29) is 42.2 Å². The van der Waals surface area contributed by atoms with E-state index in [1.165, 1.54) is 0 Å². The predicted octanol–water partition coefficient (Wildman–Crippen LogP) is 1.99. The molecule has 0 aromatic carbocycles. The first kappa shape index (κ1) is 25.1. The van der Waals surface area contributed by atoms with Crippen LogP contribution in [0.2, 0.25) is 0 Å². The van der Waals surface area contributed by atoms with Gasteiger partial charge in [0.05, 0.1) is 6.20 Å². The molecule has 1 aliphatic carbocycles. The van der Waals surface area contributed by atoms with Crippen LogP contribution in [-0.4, -0.2) is 48.8 Å². The van der Waals surface area contributed by atoms with Crippen molar-refractivity contribution in [3.8, 4) is 0 Å². The number of hydrogen-bond acceptors (Lipinski definition) is 5. The molecule has 10 heteroatoms. The van der Waals surface area contributed by atoms with Crippen molar-refractivity contribution >= 4 is 18.3 Å². The Bertz CT molecular complexity index is 883. The van der Waals surface area contributed by atoms with Gasteiger partial charge in [-0.2, -0.15) is 5.10 Å². The molecular weight excluding hydrogens is 412 g/mol. The van der Waals surface area contributed by atoms with Crippen LogP contribution in [0.15, 0.2) is 24.8 Å². The lowest BCUT2D eigenvalue weighted by Gasteiger charge is -2.29. The van der Waals surface area contributed by atoms with E-state index in [0.29, 0.717) is 6.54 Å². The van der Waals surface area contributed by atoms with Gasteiger partial charge in [-0.25, -0.2) is 4.98 Å². The molecule has 1 unspecified atom stereocenters. The second kappa shape index (κ2) is 12.0. The lowest BCUT2D eigenvalue weighted by molar-refractivity contribution is -0.127. The summed E-state index contributed by atoms with van der Waals surface area (Å²) in [6.07, 6.45) is 10.5. The molecule has 10 nitrogen and oxygen atoms in total. The Hall–Kier alpha value is -3.17. The number of aromatic nitrogens is 4. The number of carbonyl (C=O) groups is 3. The van der Waals surface area contributed by atoms with E-state index in [2.05, 4.69) is 34.6 Å². The van der Waals surface area contributed by atoms with Crippen molar-refractivity contribution in [2.24, 2.45) is 13.0 Å². The SMILES string of the molecule is CC(C)c1nccn1C(C)C(=O)NC1CCC(C(=O)NCc2cnn(C)c2)CC1.O=CO. The summed E-state index contributed by atoms with van der Waals surface area (Å²) in [7, 11) is 1.86. The van der Waals surface area contributed by atoms with Gasteiger partial charge in [-0.15, -0.1) is 0 Å². The third kappa shape index (κ3) is 6.93. The number of carbonyl (C=O) groups excluding carboxylic acids is 2. The largest absolute Gasteiger partial charge is 0.483 e. The van der Waals surface area contributed by atoms with Crippen LogP contribution in [0.5, 0.6) is 0 Å². The highest BCUT2D eigenvalue weighted by molar-refractivity contribution is 5.80. The minimum absolute atomic E-state index is 0.00868. The van der Waals surface area contributed by atoms with E-state index >= 15 is 0 Å². The van der Waals surface area contributed by atoms with Crippen molar-refractivity contribution in [3.05, 3.63) is 36.2 Å². The molecule has 1 saturated carbocycles. The summed E-state index contributed by atoms with van der Waals surface area (Å²) in [4.78, 5) is 37.9. The van der Waals surface area contributed by atoms with Crippen molar-refractivity contribution in [1.82, 2.24) is 30.0 Å². The second-order valence-corrected chi connectivity index (χ2v) is 8.43. The van der Waals surface area contributed by atoms with Crippen LogP contribution in [0.4, 0.5) is 0 Å². The average molecular weight is 447 g/mol. The zero-order valence-corrected chi connectivity index (χ0v) is 19.2. The van der Waals surface area contributed by atoms with Gasteiger partial charge >= 0.3 is 0 Å². The van der Waals surface area contributed by atoms with E-state index in [1.54, 1.807) is 17.1 Å². The zero-order valence-electron chi connectivity index (χ0n) is 19.2. The van der Waals surface area contributed by atoms with Crippen LogP contribution in [0.1, 0.15) is 69.8 Å². The highest BCUT2D eigenvalue weighted by Gasteiger charge is 2.28. The van der Waals surface area contributed by atoms with Crippen LogP contribution in [-0.2, 0) is 28.0 Å². The average Bonchev–Trinajstić information content (AvgIpc) is 3.41. The third-order valence-corrected chi connectivity index (χ3v) is 5.68. The summed E-state index contributed by atoms with van der Waals surface area (Å²) in [6, 6.07) is -0.172. The molecule has 2 amide bonds. The molecule has 0 spiro atoms. The highest BCUT2D eigenvalue weighted by atomic mass is 16.3. The summed E-state index contributed by atoms with van der Waals surface area (Å²) in [5.74, 6) is 1.29. The molecule has 0 saturated heterocycles. The number of rotatable bonds is 7. The summed E-state index contributed by atoms with van der Waals surface area (Å²) < 4.78 is 3.67. The first-order valence-corrected chi connectivity index (χ1v) is 10.9. The predicted molar refractivity (Wildman–Crippen MR) is 119 cm³/mol. The van der Waals surface area contributed by atoms with Gasteiger partial charge in [0.1, 0.15) is 11.9 Å². The number of nitrogens with one attached hydrogen (secondary N) is 2. The lowest BCUT2D eigenvalue weighted by atomic mass is 9.85. The Balaban J connectivity index is 0.00000114. The van der Waals surface area contributed by atoms with Crippen molar-refractivity contribution in [2.75, 3.05) is 0 Å². The maximum Gasteiger partial charge on any atom is 0.290 e. The summed E-state index contributed by atoms with van der Waals surface area (Å²) in [5.41, 5.74) is 0.996. The van der Waals surface area contributed by atoms with Crippen molar-refractivity contribution < 1.29 is 19.5 Å². The number of carboxylic acid groups (broad SMARTS) is 1. The number of aryl methyl sites for hydroxylation is 1. The van der Waals surface area contributed by atoms with E-state index in [9.17, 15) is 9.59 Å². The standard InChI is InChI=1S/C21H32N6O2.CH2O2/c1-14(2)19-22-9-10-27(19)15(3)20(28)25-18-7-5-17(6-8-18)21(29)23-11-16-12-24-26(4)13-16;2-1-3/h9-10,12-15,17-18H,5-8,11H2,1-4H3,(H,23,29)(H,25,28);1H,(H,2,3). The van der Waals surface area contributed by atoms with Crippen molar-refractivity contribution in [2.45, 2.75) is 71.0 Å². The summed E-state index contributed by atoms with van der Waals surface area (Å²) in [5, 5.41) is 17.2. The Morgan fingerprint density at radius 3 is 2.47 bits per heavy atom. The fourth-order valence-corrected chi connectivity index (χ4v) is 3.94. The fraction of sp³-hybridized carbons (Fsp3) is 0.591. The van der Waals surface area contributed by atoms with E-state index in [4.69, 9.17) is 9.90 Å². The number of amides is 2. The van der Waals surface area contributed by atoms with Crippen molar-refractivity contribution in [3.63, 3.8) is 0 Å². The van der Waals surface area contributed by atoms with Crippen molar-refractivity contribution in [1.29, 1.82) is 0 Å². The first-order chi connectivity index (χ1) is 15.3. The number of imidazole rings is 1. The molecule has 176 valence electrons. The van der Waals surface area contributed by atoms with Gasteiger partial charge in [0.25, 0.3) is 6.47 Å². The quantitative estimate of drug-likeness (QED) is 0.558. The van der Waals surface area contributed by atoms with Gasteiger partial charge < -0.3 is 20.3 Å². The van der Waals surface area contributed by atoms with Crippen LogP contribution >= 0.6 is 0 Å². The third-order valence-electron chi connectivity index (χ3n) is 5.68. The van der Waals surface area contributed by atoms with Gasteiger partial charge in [0.2, 0.25) is 11.8 Å². The van der Waals surface area contributed by atoms with Gasteiger partial charge in [0, 0.05) is 55.6 Å². The van der Waals surface area contributed by atoms with Crippen LogP contribution < -0.4 is 10.6 Å². The van der Waals surface area contributed by atoms with E-state index in [1.807, 2.05) is 30.9 Å². The normalized spacial score (nSPS) is 18.9. The fourth-order valence-electron chi connectivity index (χ4n) is 3.94. The first-order valence-electron chi connectivity index (χ1n) is 10.9. The maximum absolute atomic E-state index is 12.7. The summed E-state index contributed by atoms with van der Waals surface area (Å²) >= 11 is 0. The monoisotopic (exact) mass is 446 g/mol. The summed E-state index contributed by atoms with van der Waals surface area (Å²) in [6.45, 7) is 6.30. The van der Waals surface area contributed by atoms with Gasteiger partial charge in [0.15, 0.2) is 0 Å². The molecule has 2 aromatic rings. The second-order valence-electron chi connectivity index (χ2n) is 8.43. The Labute approximate surface area is 188 Å². The van der Waals surface area contributed by atoms with E-state index in [0.717, 1.165) is 37.1 Å². The maximum atomic E-state index is 12.7. The van der Waals surface area contributed by atoms with E-state index < -0.39 is 0 Å². The Kier molecular flexibility index (Phi) is 9.42. The molecular formula is C22H34N6O4. The minimum Gasteiger partial charge on any atom is -0.483 e. The molecule has 0 aliphatic heterocycles. The minimum atomic E-state index is -0.296. The number of hydrogen-bond donors (Lipinski definition) is 3. The molecule has 32 heavy (non-hydrogen) atoms. The molecule has 1 atom stereocenters. The molecule has 0 bridgehead atoms. The molecule has 2 heterocycles. The zero-order chi connectivity index (χ0) is 23.7. The molecule has 3 rings (SSSR count). The molecule has 2 aromatic heterocycles. The van der Waals surface area contributed by atoms with Gasteiger partial charge in [-0.05, 0) is 32.6 Å². The highest BCUT2D eigenvalue weighted by Crippen LogP contribution is 2.25. The molecule has 0 radical (unpaired) electrons. The number of nitrogens with zero attached hydrogens (tertiary/aromatic N) is 4. The van der Waals surface area contributed by atoms with Crippen LogP contribution in [0, 0.1) is 5.92 Å². The smallest absolute Gasteiger partial charge is 0.290 e. The molecule has 1 aliphatic rings. The lowest BCUT2D eigenvalue weighted by Crippen LogP contribution is -2.43. The van der Waals surface area contributed by atoms with Crippen LogP contribution in [0.25, 0.3) is 0 Å². The Morgan fingerprint density at radius 2 is 1.91 bits per heavy atom. The molecule has 3 N–H and O–H groups in total. The van der Waals surface area contributed by atoms with Gasteiger partial charge in [-0.1, -0.05) is 13.8 Å². The molecule has 1 fully saturated rings.